The molecule has 7 rings (SSSR count). The van der Waals surface area contributed by atoms with Crippen LogP contribution < -0.4 is 0 Å². The largest absolute Gasteiger partial charge is 0.247 e. The first kappa shape index (κ1) is 25.8. The first-order valence-corrected chi connectivity index (χ1v) is 12.7. The van der Waals surface area contributed by atoms with E-state index in [2.05, 4.69) is 15.2 Å². The molecule has 0 unspecified atom stereocenters. The molecule has 0 aliphatic rings. The van der Waals surface area contributed by atoms with Crippen molar-refractivity contribution in [3.63, 3.8) is 0 Å². The second-order valence-corrected chi connectivity index (χ2v) is 9.64. The topological polar surface area (TPSA) is 80.0 Å². The molecule has 2 aromatic heterocycles. The lowest BCUT2D eigenvalue weighted by atomic mass is 9.93. The number of hydrogen-bond acceptors (Lipinski definition) is 5. The van der Waals surface area contributed by atoms with E-state index < -0.39 is 34.4 Å². The van der Waals surface area contributed by atoms with Crippen LogP contribution in [0.5, 0.6) is 0 Å². The second kappa shape index (κ2) is 9.75. The zero-order chi connectivity index (χ0) is 29.8. The summed E-state index contributed by atoms with van der Waals surface area (Å²) in [7, 11) is 0. The summed E-state index contributed by atoms with van der Waals surface area (Å²) in [5, 5.41) is 19.5. The average Bonchev–Trinajstić information content (AvgIpc) is 3.54. The number of fused-ring (bicyclic) bond motifs is 5. The minimum absolute atomic E-state index is 0.135. The summed E-state index contributed by atoms with van der Waals surface area (Å²) in [5.74, 6) is -6.85. The predicted octanol–water partition coefficient (Wildman–Crippen LogP) is 8.90. The molecule has 0 N–H and O–H groups in total. The second-order valence-electron chi connectivity index (χ2n) is 9.64. The Morgan fingerprint density at radius 1 is 0.721 bits per heavy atom. The molecular formula is C33H13F4N5O. The Kier molecular flexibility index (Phi) is 5.86. The molecule has 0 radical (unpaired) electrons. The smallest absolute Gasteiger partial charge is 0.187 e. The molecule has 2 heterocycles. The minimum Gasteiger partial charge on any atom is -0.247 e. The van der Waals surface area contributed by atoms with Crippen LogP contribution in [-0.4, -0.2) is 15.3 Å². The van der Waals surface area contributed by atoms with Crippen molar-refractivity contribution in [3.05, 3.63) is 119 Å². The first-order valence-electron chi connectivity index (χ1n) is 12.7. The summed E-state index contributed by atoms with van der Waals surface area (Å²) in [5.41, 5.74) is 2.18. The molecule has 0 amide bonds. The maximum absolute atomic E-state index is 14.7. The number of aromatic nitrogens is 3. The third-order valence-corrected chi connectivity index (χ3v) is 7.33. The summed E-state index contributed by atoms with van der Waals surface area (Å²) in [6.07, 6.45) is 0. The van der Waals surface area contributed by atoms with Crippen molar-refractivity contribution in [2.45, 2.75) is 0 Å². The highest BCUT2D eigenvalue weighted by Crippen LogP contribution is 2.41. The van der Waals surface area contributed by atoms with Crippen LogP contribution >= 0.6 is 0 Å². The van der Waals surface area contributed by atoms with Crippen molar-refractivity contribution < 1.29 is 22.2 Å². The summed E-state index contributed by atoms with van der Waals surface area (Å²) >= 11 is 0. The number of halogens is 4. The van der Waals surface area contributed by atoms with Crippen LogP contribution in [0.2, 0.25) is 0 Å². The van der Waals surface area contributed by atoms with Gasteiger partial charge in [-0.1, -0.05) is 66.7 Å². The minimum atomic E-state index is -1.76. The molecular weight excluding hydrogens is 558 g/mol. The third-order valence-electron chi connectivity index (χ3n) is 7.33. The molecule has 0 saturated heterocycles. The molecule has 0 spiro atoms. The Balaban J connectivity index is 1.47. The van der Waals surface area contributed by atoms with Gasteiger partial charge in [0.05, 0.1) is 23.3 Å². The fourth-order valence-corrected chi connectivity index (χ4v) is 5.30. The van der Waals surface area contributed by atoms with Crippen LogP contribution in [0.25, 0.3) is 71.1 Å². The fourth-order valence-electron chi connectivity index (χ4n) is 5.30. The van der Waals surface area contributed by atoms with E-state index in [9.17, 15) is 17.6 Å². The van der Waals surface area contributed by atoms with Gasteiger partial charge in [0.15, 0.2) is 29.0 Å². The Labute approximate surface area is 239 Å². The lowest BCUT2D eigenvalue weighted by molar-refractivity contribution is 0.316. The lowest BCUT2D eigenvalue weighted by Gasteiger charge is -2.13. The van der Waals surface area contributed by atoms with Crippen LogP contribution in [0.4, 0.5) is 23.2 Å². The summed E-state index contributed by atoms with van der Waals surface area (Å²) in [4.78, 5) is 8.38. The molecule has 0 saturated carbocycles. The summed E-state index contributed by atoms with van der Waals surface area (Å²) < 4.78 is 63.2. The van der Waals surface area contributed by atoms with Crippen molar-refractivity contribution >= 4 is 38.4 Å². The Morgan fingerprint density at radius 2 is 1.35 bits per heavy atom. The number of benzene rings is 5. The number of nitrogens with zero attached hydrogens (tertiary/aromatic N) is 5. The van der Waals surface area contributed by atoms with Crippen molar-refractivity contribution in [3.8, 4) is 39.6 Å². The molecule has 43 heavy (non-hydrogen) atoms. The molecule has 0 bridgehead atoms. The van der Waals surface area contributed by atoms with Crippen molar-refractivity contribution in [2.75, 3.05) is 0 Å². The maximum atomic E-state index is 14.7. The van der Waals surface area contributed by atoms with E-state index in [1.54, 1.807) is 12.1 Å². The molecule has 0 atom stereocenters. The van der Waals surface area contributed by atoms with Crippen LogP contribution in [0.15, 0.2) is 83.5 Å². The van der Waals surface area contributed by atoms with Gasteiger partial charge in [-0.15, -0.1) is 0 Å². The number of para-hydroxylation sites is 1. The standard InChI is InChI=1S/C33H13F4N5O/c1-39-19-12-10-18(11-13-19)31-22-14-21(32-33(42-43-41-32)26(22)20-4-2-3-5-24(20)40-31)16-6-8-17(9-7-16)25-29(36)27(34)23(15-38)28(35)30(25)37/h2-14H. The van der Waals surface area contributed by atoms with Gasteiger partial charge in [-0.05, 0) is 39.1 Å². The zero-order valence-electron chi connectivity index (χ0n) is 21.7. The van der Waals surface area contributed by atoms with Gasteiger partial charge in [0, 0.05) is 21.7 Å². The van der Waals surface area contributed by atoms with E-state index in [4.69, 9.17) is 21.4 Å². The van der Waals surface area contributed by atoms with Gasteiger partial charge in [0.1, 0.15) is 22.7 Å². The average molecular weight is 571 g/mol. The van der Waals surface area contributed by atoms with Crippen molar-refractivity contribution in [1.29, 1.82) is 5.26 Å². The van der Waals surface area contributed by atoms with Gasteiger partial charge in [0.2, 0.25) is 0 Å². The molecule has 0 fully saturated rings. The van der Waals surface area contributed by atoms with E-state index in [0.717, 1.165) is 22.4 Å². The maximum Gasteiger partial charge on any atom is 0.187 e. The van der Waals surface area contributed by atoms with Gasteiger partial charge in [-0.25, -0.2) is 32.0 Å². The van der Waals surface area contributed by atoms with Gasteiger partial charge < -0.3 is 0 Å². The van der Waals surface area contributed by atoms with E-state index in [0.29, 0.717) is 44.4 Å². The number of pyridine rings is 1. The molecule has 5 aromatic carbocycles. The predicted molar refractivity (Wildman–Crippen MR) is 152 cm³/mol. The highest BCUT2D eigenvalue weighted by molar-refractivity contribution is 6.23. The normalized spacial score (nSPS) is 11.2. The van der Waals surface area contributed by atoms with Crippen LogP contribution in [0, 0.1) is 41.2 Å². The molecule has 204 valence electrons. The summed E-state index contributed by atoms with van der Waals surface area (Å²) in [6, 6.07) is 23.2. The number of rotatable bonds is 3. The summed E-state index contributed by atoms with van der Waals surface area (Å²) in [6.45, 7) is 7.28. The molecule has 0 aliphatic carbocycles. The molecule has 7 aromatic rings. The van der Waals surface area contributed by atoms with Gasteiger partial charge in [0.25, 0.3) is 0 Å². The highest BCUT2D eigenvalue weighted by Gasteiger charge is 2.26. The van der Waals surface area contributed by atoms with Crippen molar-refractivity contribution in [1.82, 2.24) is 15.3 Å². The molecule has 10 heteroatoms. The Morgan fingerprint density at radius 3 is 2.02 bits per heavy atom. The third kappa shape index (κ3) is 3.89. The lowest BCUT2D eigenvalue weighted by Crippen LogP contribution is -2.03. The van der Waals surface area contributed by atoms with Crippen LogP contribution in [-0.2, 0) is 0 Å². The van der Waals surface area contributed by atoms with Gasteiger partial charge >= 0.3 is 0 Å². The van der Waals surface area contributed by atoms with Gasteiger partial charge in [-0.3, -0.25) is 0 Å². The van der Waals surface area contributed by atoms with Gasteiger partial charge in [-0.2, -0.15) is 5.26 Å². The fraction of sp³-hybridized carbons (Fsp3) is 0. The SMILES string of the molecule is [C-]#[N+]c1ccc(-c2nc3ccccc3c3c2cc(-c2ccc(-c4c(F)c(F)c(C#N)c(F)c4F)cc2)c2nonc23)cc1. The van der Waals surface area contributed by atoms with Crippen LogP contribution in [0.3, 0.4) is 0 Å². The van der Waals surface area contributed by atoms with E-state index in [-0.39, 0.29) is 5.56 Å². The van der Waals surface area contributed by atoms with E-state index in [1.807, 2.05) is 42.5 Å². The van der Waals surface area contributed by atoms with E-state index in [1.165, 1.54) is 24.3 Å². The molecule has 6 nitrogen and oxygen atoms in total. The zero-order valence-corrected chi connectivity index (χ0v) is 21.7. The van der Waals surface area contributed by atoms with Crippen LogP contribution in [0.1, 0.15) is 5.56 Å². The highest BCUT2D eigenvalue weighted by atomic mass is 19.2. The van der Waals surface area contributed by atoms with E-state index >= 15 is 0 Å². The Hall–Kier alpha value is -6.13. The monoisotopic (exact) mass is 571 g/mol. The quantitative estimate of drug-likeness (QED) is 0.0916. The Bertz CT molecular complexity index is 2320. The number of nitriles is 1. The number of hydrogen-bond donors (Lipinski definition) is 0. The first-order chi connectivity index (χ1) is 20.9. The van der Waals surface area contributed by atoms with Crippen molar-refractivity contribution in [2.24, 2.45) is 0 Å². The molecule has 0 aliphatic heterocycles.